The third-order valence-electron chi connectivity index (χ3n) is 4.52. The second-order valence-electron chi connectivity index (χ2n) is 8.51. The van der Waals surface area contributed by atoms with Gasteiger partial charge in [-0.25, -0.2) is 26.2 Å². The first-order chi connectivity index (χ1) is 13.8. The molecule has 0 spiro atoms. The Morgan fingerprint density at radius 1 is 1.20 bits per heavy atom. The summed E-state index contributed by atoms with van der Waals surface area (Å²) in [5, 5.41) is 7.09. The number of sulfonamides is 1. The molecule has 2 N–H and O–H groups in total. The first-order valence-corrected chi connectivity index (χ1v) is 12.8. The summed E-state index contributed by atoms with van der Waals surface area (Å²) in [4.78, 5) is 12.7. The summed E-state index contributed by atoms with van der Waals surface area (Å²) in [6, 6.07) is 6.95. The van der Waals surface area contributed by atoms with Crippen LogP contribution in [-0.4, -0.2) is 49.6 Å². The maximum atomic E-state index is 12.7. The topological polar surface area (TPSA) is 127 Å². The number of rotatable bonds is 5. The van der Waals surface area contributed by atoms with E-state index in [1.165, 1.54) is 24.3 Å². The SMILES string of the molecule is Cc1cc(NC(=O)c2ccc(S(=O)(=O)NC(C)(C)C)cc2)n(C2CCS(=O)(=O)C2)n1. The van der Waals surface area contributed by atoms with Crippen LogP contribution in [0.4, 0.5) is 5.82 Å². The number of aromatic nitrogens is 2. The number of aryl methyl sites for hydroxylation is 1. The van der Waals surface area contributed by atoms with Gasteiger partial charge in [0.1, 0.15) is 5.82 Å². The van der Waals surface area contributed by atoms with Crippen molar-refractivity contribution in [3.05, 3.63) is 41.6 Å². The van der Waals surface area contributed by atoms with Gasteiger partial charge in [0.15, 0.2) is 9.84 Å². The van der Waals surface area contributed by atoms with Crippen LogP contribution in [0.3, 0.4) is 0 Å². The van der Waals surface area contributed by atoms with Crippen molar-refractivity contribution in [2.45, 2.75) is 50.6 Å². The minimum atomic E-state index is -3.70. The van der Waals surface area contributed by atoms with Crippen molar-refractivity contribution in [1.82, 2.24) is 14.5 Å². The summed E-state index contributed by atoms with van der Waals surface area (Å²) in [5.74, 6) is 0.0581. The fourth-order valence-electron chi connectivity index (χ4n) is 3.29. The zero-order valence-electron chi connectivity index (χ0n) is 17.3. The number of carbonyl (C=O) groups excluding carboxylic acids is 1. The summed E-state index contributed by atoms with van der Waals surface area (Å²) < 4.78 is 52.5. The molecule has 1 aliphatic rings. The number of nitrogens with zero attached hydrogens (tertiary/aromatic N) is 2. The van der Waals surface area contributed by atoms with Gasteiger partial charge in [-0.05, 0) is 58.4 Å². The molecule has 1 amide bonds. The van der Waals surface area contributed by atoms with E-state index in [4.69, 9.17) is 0 Å². The summed E-state index contributed by atoms with van der Waals surface area (Å²) in [7, 11) is -6.80. The van der Waals surface area contributed by atoms with Crippen molar-refractivity contribution >= 4 is 31.6 Å². The summed E-state index contributed by atoms with van der Waals surface area (Å²) in [6.45, 7) is 6.99. The van der Waals surface area contributed by atoms with Gasteiger partial charge >= 0.3 is 0 Å². The van der Waals surface area contributed by atoms with E-state index in [9.17, 15) is 21.6 Å². The number of carbonyl (C=O) groups is 1. The number of hydrogen-bond donors (Lipinski definition) is 2. The summed E-state index contributed by atoms with van der Waals surface area (Å²) in [6.07, 6.45) is 0.444. The monoisotopic (exact) mass is 454 g/mol. The van der Waals surface area contributed by atoms with E-state index in [1.807, 2.05) is 0 Å². The predicted octanol–water partition coefficient (Wildman–Crippen LogP) is 1.88. The number of benzene rings is 1. The Morgan fingerprint density at radius 2 is 1.83 bits per heavy atom. The Labute approximate surface area is 176 Å². The zero-order valence-corrected chi connectivity index (χ0v) is 19.0. The van der Waals surface area contributed by atoms with Crippen molar-refractivity contribution in [3.8, 4) is 0 Å². The van der Waals surface area contributed by atoms with Gasteiger partial charge in [-0.1, -0.05) is 0 Å². The average molecular weight is 455 g/mol. The normalized spacial score (nSPS) is 19.0. The lowest BCUT2D eigenvalue weighted by Gasteiger charge is -2.20. The summed E-state index contributed by atoms with van der Waals surface area (Å²) in [5.41, 5.74) is 0.303. The second kappa shape index (κ2) is 7.78. The molecule has 30 heavy (non-hydrogen) atoms. The van der Waals surface area contributed by atoms with Crippen molar-refractivity contribution < 1.29 is 21.6 Å². The van der Waals surface area contributed by atoms with E-state index < -0.39 is 31.3 Å². The van der Waals surface area contributed by atoms with Crippen molar-refractivity contribution in [1.29, 1.82) is 0 Å². The molecule has 1 saturated heterocycles. The Kier molecular flexibility index (Phi) is 5.82. The smallest absolute Gasteiger partial charge is 0.256 e. The number of anilines is 1. The predicted molar refractivity (Wildman–Crippen MR) is 114 cm³/mol. The van der Waals surface area contributed by atoms with Gasteiger partial charge < -0.3 is 5.32 Å². The zero-order chi connectivity index (χ0) is 22.3. The molecule has 1 atom stereocenters. The quantitative estimate of drug-likeness (QED) is 0.710. The Hall–Kier alpha value is -2.24. The molecule has 1 aromatic heterocycles. The van der Waals surface area contributed by atoms with E-state index in [0.29, 0.717) is 17.9 Å². The molecule has 2 aromatic rings. The number of hydrogen-bond acceptors (Lipinski definition) is 6. The van der Waals surface area contributed by atoms with E-state index >= 15 is 0 Å². The molecule has 9 nitrogen and oxygen atoms in total. The van der Waals surface area contributed by atoms with Gasteiger partial charge in [0.2, 0.25) is 10.0 Å². The highest BCUT2D eigenvalue weighted by Crippen LogP contribution is 2.27. The molecule has 1 fully saturated rings. The molecular weight excluding hydrogens is 428 g/mol. The highest BCUT2D eigenvalue weighted by Gasteiger charge is 2.31. The van der Waals surface area contributed by atoms with Gasteiger partial charge in [-0.3, -0.25) is 4.79 Å². The number of nitrogens with one attached hydrogen (secondary N) is 2. The average Bonchev–Trinajstić information content (AvgIpc) is 3.14. The van der Waals surface area contributed by atoms with Crippen LogP contribution in [0.25, 0.3) is 0 Å². The van der Waals surface area contributed by atoms with Crippen LogP contribution >= 0.6 is 0 Å². The molecule has 0 bridgehead atoms. The standard InChI is InChI=1S/C19H26N4O5S2/c1-13-11-17(23(21-13)15-9-10-29(25,26)12-15)20-18(24)14-5-7-16(8-6-14)30(27,28)22-19(2,3)4/h5-8,11,15,22H,9-10,12H2,1-4H3,(H,20,24). The second-order valence-corrected chi connectivity index (χ2v) is 12.4. The van der Waals surface area contributed by atoms with Gasteiger partial charge in [0.25, 0.3) is 5.91 Å². The van der Waals surface area contributed by atoms with Gasteiger partial charge in [0.05, 0.1) is 28.1 Å². The molecule has 1 unspecified atom stereocenters. The lowest BCUT2D eigenvalue weighted by Crippen LogP contribution is -2.40. The highest BCUT2D eigenvalue weighted by atomic mass is 32.2. The molecule has 1 aliphatic heterocycles. The minimum absolute atomic E-state index is 0.00960. The molecule has 0 aliphatic carbocycles. The molecule has 1 aromatic carbocycles. The third kappa shape index (κ3) is 5.27. The van der Waals surface area contributed by atoms with Crippen LogP contribution in [0.1, 0.15) is 49.3 Å². The Morgan fingerprint density at radius 3 is 2.37 bits per heavy atom. The summed E-state index contributed by atoms with van der Waals surface area (Å²) >= 11 is 0. The minimum Gasteiger partial charge on any atom is -0.307 e. The Bertz CT molecular complexity index is 1160. The molecule has 164 valence electrons. The van der Waals surface area contributed by atoms with Crippen LogP contribution in [0.15, 0.2) is 35.2 Å². The van der Waals surface area contributed by atoms with Crippen molar-refractivity contribution in [3.63, 3.8) is 0 Å². The first-order valence-electron chi connectivity index (χ1n) is 9.48. The van der Waals surface area contributed by atoms with Crippen LogP contribution in [0, 0.1) is 6.92 Å². The maximum absolute atomic E-state index is 12.7. The third-order valence-corrected chi connectivity index (χ3v) is 8.05. The molecular formula is C19H26N4O5S2. The van der Waals surface area contributed by atoms with Gasteiger partial charge in [-0.2, -0.15) is 5.10 Å². The largest absolute Gasteiger partial charge is 0.307 e. The van der Waals surface area contributed by atoms with E-state index in [2.05, 4.69) is 15.1 Å². The fourth-order valence-corrected chi connectivity index (χ4v) is 6.40. The Balaban J connectivity index is 1.78. The molecule has 0 radical (unpaired) electrons. The molecule has 0 saturated carbocycles. The maximum Gasteiger partial charge on any atom is 0.256 e. The van der Waals surface area contributed by atoms with Crippen LogP contribution in [-0.2, 0) is 19.9 Å². The van der Waals surface area contributed by atoms with E-state index in [1.54, 1.807) is 38.4 Å². The van der Waals surface area contributed by atoms with Gasteiger partial charge in [-0.15, -0.1) is 0 Å². The van der Waals surface area contributed by atoms with Crippen molar-refractivity contribution in [2.75, 3.05) is 16.8 Å². The van der Waals surface area contributed by atoms with Gasteiger partial charge in [0, 0.05) is 17.2 Å². The van der Waals surface area contributed by atoms with Crippen LogP contribution in [0.2, 0.25) is 0 Å². The molecule has 3 rings (SSSR count). The lowest BCUT2D eigenvalue weighted by atomic mass is 10.1. The van der Waals surface area contributed by atoms with E-state index in [-0.39, 0.29) is 28.0 Å². The van der Waals surface area contributed by atoms with Crippen LogP contribution < -0.4 is 10.0 Å². The number of amides is 1. The number of sulfone groups is 1. The van der Waals surface area contributed by atoms with E-state index in [0.717, 1.165) is 0 Å². The van der Waals surface area contributed by atoms with Crippen molar-refractivity contribution in [2.24, 2.45) is 0 Å². The molecule has 2 heterocycles. The molecule has 11 heteroatoms. The highest BCUT2D eigenvalue weighted by molar-refractivity contribution is 7.91. The van der Waals surface area contributed by atoms with Crippen LogP contribution in [0.5, 0.6) is 0 Å². The first kappa shape index (κ1) is 22.4. The lowest BCUT2D eigenvalue weighted by molar-refractivity contribution is 0.102. The fraction of sp³-hybridized carbons (Fsp3) is 0.474.